The van der Waals surface area contributed by atoms with Crippen LogP contribution in [0.2, 0.25) is 0 Å². The lowest BCUT2D eigenvalue weighted by Crippen LogP contribution is -1.84. The summed E-state index contributed by atoms with van der Waals surface area (Å²) >= 11 is 4.19. The third-order valence-corrected chi connectivity index (χ3v) is 2.88. The number of nitrogens with one attached hydrogen (secondary N) is 1. The summed E-state index contributed by atoms with van der Waals surface area (Å²) in [4.78, 5) is 7.48. The number of imidazole rings is 1. The summed E-state index contributed by atoms with van der Waals surface area (Å²) in [5.74, 6) is 1.56. The highest BCUT2D eigenvalue weighted by Gasteiger charge is 2.01. The first-order valence-corrected chi connectivity index (χ1v) is 6.20. The molecule has 1 aromatic carbocycles. The van der Waals surface area contributed by atoms with Crippen LogP contribution >= 0.6 is 12.6 Å². The SMILES string of the molecule is CCCc1ccc(-c2cnc(CS)[nH]2)cc1. The number of aromatic amines is 1. The summed E-state index contributed by atoms with van der Waals surface area (Å²) in [6, 6.07) is 8.64. The highest BCUT2D eigenvalue weighted by atomic mass is 32.1. The Hall–Kier alpha value is -1.22. The highest BCUT2D eigenvalue weighted by molar-refractivity contribution is 7.79. The second-order valence-electron chi connectivity index (χ2n) is 3.85. The molecule has 0 saturated carbocycles. The Bertz CT molecular complexity index is 445. The van der Waals surface area contributed by atoms with Crippen LogP contribution in [0.3, 0.4) is 0 Å². The molecular formula is C13H16N2S. The number of aryl methyl sites for hydroxylation is 1. The molecule has 3 heteroatoms. The van der Waals surface area contributed by atoms with E-state index in [1.807, 2.05) is 6.20 Å². The zero-order valence-electron chi connectivity index (χ0n) is 9.40. The predicted octanol–water partition coefficient (Wildman–Crippen LogP) is 3.46. The second kappa shape index (κ2) is 5.21. The van der Waals surface area contributed by atoms with Crippen LogP contribution in [0.5, 0.6) is 0 Å². The molecule has 0 spiro atoms. The van der Waals surface area contributed by atoms with Crippen molar-refractivity contribution in [2.24, 2.45) is 0 Å². The maximum atomic E-state index is 4.24. The Morgan fingerprint density at radius 2 is 2.00 bits per heavy atom. The molecule has 1 heterocycles. The minimum absolute atomic E-state index is 0.647. The molecule has 0 saturated heterocycles. The van der Waals surface area contributed by atoms with Crippen LogP contribution in [-0.4, -0.2) is 9.97 Å². The van der Waals surface area contributed by atoms with Crippen LogP contribution in [0, 0.1) is 0 Å². The van der Waals surface area contributed by atoms with Gasteiger partial charge in [0.15, 0.2) is 0 Å². The molecule has 0 aliphatic carbocycles. The summed E-state index contributed by atoms with van der Waals surface area (Å²) in [5.41, 5.74) is 3.63. The van der Waals surface area contributed by atoms with Gasteiger partial charge in [-0.05, 0) is 17.5 Å². The first-order valence-electron chi connectivity index (χ1n) is 5.57. The number of aromatic nitrogens is 2. The van der Waals surface area contributed by atoms with Crippen molar-refractivity contribution < 1.29 is 0 Å². The van der Waals surface area contributed by atoms with Crippen LogP contribution in [-0.2, 0) is 12.2 Å². The number of H-pyrrole nitrogens is 1. The highest BCUT2D eigenvalue weighted by Crippen LogP contribution is 2.18. The Balaban J connectivity index is 2.20. The summed E-state index contributed by atoms with van der Waals surface area (Å²) in [6.45, 7) is 2.20. The van der Waals surface area contributed by atoms with E-state index in [9.17, 15) is 0 Å². The van der Waals surface area contributed by atoms with Gasteiger partial charge in [0.2, 0.25) is 0 Å². The Morgan fingerprint density at radius 1 is 1.25 bits per heavy atom. The second-order valence-corrected chi connectivity index (χ2v) is 4.16. The van der Waals surface area contributed by atoms with Gasteiger partial charge in [-0.2, -0.15) is 12.6 Å². The third-order valence-electron chi connectivity index (χ3n) is 2.58. The van der Waals surface area contributed by atoms with Crippen LogP contribution in [0.1, 0.15) is 24.7 Å². The lowest BCUT2D eigenvalue weighted by Gasteiger charge is -2.01. The lowest BCUT2D eigenvalue weighted by molar-refractivity contribution is 0.922. The van der Waals surface area contributed by atoms with Crippen molar-refractivity contribution >= 4 is 12.6 Å². The number of hydrogen-bond acceptors (Lipinski definition) is 2. The van der Waals surface area contributed by atoms with E-state index in [0.717, 1.165) is 17.9 Å². The van der Waals surface area contributed by atoms with Gasteiger partial charge < -0.3 is 4.98 Å². The van der Waals surface area contributed by atoms with E-state index >= 15 is 0 Å². The number of rotatable bonds is 4. The van der Waals surface area contributed by atoms with Gasteiger partial charge in [0, 0.05) is 5.75 Å². The van der Waals surface area contributed by atoms with E-state index in [1.54, 1.807) is 0 Å². The van der Waals surface area contributed by atoms with E-state index in [4.69, 9.17) is 0 Å². The van der Waals surface area contributed by atoms with Crippen molar-refractivity contribution in [1.29, 1.82) is 0 Å². The van der Waals surface area contributed by atoms with Gasteiger partial charge >= 0.3 is 0 Å². The summed E-state index contributed by atoms with van der Waals surface area (Å²) in [6.07, 6.45) is 4.19. The van der Waals surface area contributed by atoms with Crippen LogP contribution in [0.25, 0.3) is 11.3 Å². The molecule has 0 unspecified atom stereocenters. The largest absolute Gasteiger partial charge is 0.341 e. The topological polar surface area (TPSA) is 28.7 Å². The summed E-state index contributed by atoms with van der Waals surface area (Å²) in [5, 5.41) is 0. The smallest absolute Gasteiger partial charge is 0.116 e. The minimum Gasteiger partial charge on any atom is -0.341 e. The van der Waals surface area contributed by atoms with Crippen molar-refractivity contribution in [2.45, 2.75) is 25.5 Å². The molecule has 2 rings (SSSR count). The fourth-order valence-electron chi connectivity index (χ4n) is 1.73. The lowest BCUT2D eigenvalue weighted by atomic mass is 10.1. The fourth-order valence-corrected chi connectivity index (χ4v) is 1.89. The first kappa shape index (κ1) is 11.3. The zero-order chi connectivity index (χ0) is 11.4. The molecule has 0 bridgehead atoms. The van der Waals surface area contributed by atoms with E-state index < -0.39 is 0 Å². The monoisotopic (exact) mass is 232 g/mol. The molecule has 0 fully saturated rings. The van der Waals surface area contributed by atoms with Crippen molar-refractivity contribution in [3.05, 3.63) is 41.9 Å². The van der Waals surface area contributed by atoms with E-state index in [2.05, 4.69) is 53.8 Å². The standard InChI is InChI=1S/C13H16N2S/c1-2-3-10-4-6-11(7-5-10)12-8-14-13(9-16)15-12/h4-8,16H,2-3,9H2,1H3,(H,14,15). The van der Waals surface area contributed by atoms with Gasteiger partial charge in [-0.15, -0.1) is 0 Å². The molecule has 0 radical (unpaired) electrons. The molecule has 1 N–H and O–H groups in total. The predicted molar refractivity (Wildman–Crippen MR) is 70.7 cm³/mol. The molecule has 1 aromatic heterocycles. The zero-order valence-corrected chi connectivity index (χ0v) is 10.3. The molecule has 2 aromatic rings. The molecule has 84 valence electrons. The normalized spacial score (nSPS) is 10.6. The quantitative estimate of drug-likeness (QED) is 0.777. The Labute approximate surface area is 102 Å². The van der Waals surface area contributed by atoms with Gasteiger partial charge in [0.05, 0.1) is 11.9 Å². The summed E-state index contributed by atoms with van der Waals surface area (Å²) < 4.78 is 0. The van der Waals surface area contributed by atoms with Crippen molar-refractivity contribution in [3.63, 3.8) is 0 Å². The Kier molecular flexibility index (Phi) is 3.67. The van der Waals surface area contributed by atoms with E-state index in [-0.39, 0.29) is 0 Å². The van der Waals surface area contributed by atoms with Gasteiger partial charge in [-0.25, -0.2) is 4.98 Å². The summed E-state index contributed by atoms with van der Waals surface area (Å²) in [7, 11) is 0. The number of thiol groups is 1. The average Bonchev–Trinajstić information content (AvgIpc) is 2.79. The maximum absolute atomic E-state index is 4.24. The molecular weight excluding hydrogens is 216 g/mol. The van der Waals surface area contributed by atoms with Gasteiger partial charge in [0.25, 0.3) is 0 Å². The Morgan fingerprint density at radius 3 is 2.56 bits per heavy atom. The van der Waals surface area contributed by atoms with Crippen LogP contribution in [0.4, 0.5) is 0 Å². The number of nitrogens with zero attached hydrogens (tertiary/aromatic N) is 1. The molecule has 2 nitrogen and oxygen atoms in total. The third kappa shape index (κ3) is 2.47. The van der Waals surface area contributed by atoms with Crippen molar-refractivity contribution in [1.82, 2.24) is 9.97 Å². The molecule has 0 atom stereocenters. The molecule has 0 aliphatic rings. The molecule has 0 aliphatic heterocycles. The van der Waals surface area contributed by atoms with Gasteiger partial charge in [-0.1, -0.05) is 37.6 Å². The van der Waals surface area contributed by atoms with E-state index in [0.29, 0.717) is 5.75 Å². The number of benzene rings is 1. The molecule has 16 heavy (non-hydrogen) atoms. The van der Waals surface area contributed by atoms with Gasteiger partial charge in [-0.3, -0.25) is 0 Å². The van der Waals surface area contributed by atoms with Crippen molar-refractivity contribution in [3.8, 4) is 11.3 Å². The van der Waals surface area contributed by atoms with Crippen LogP contribution < -0.4 is 0 Å². The van der Waals surface area contributed by atoms with Gasteiger partial charge in [0.1, 0.15) is 5.82 Å². The minimum atomic E-state index is 0.647. The van der Waals surface area contributed by atoms with Crippen LogP contribution in [0.15, 0.2) is 30.5 Å². The van der Waals surface area contributed by atoms with Crippen molar-refractivity contribution in [2.75, 3.05) is 0 Å². The average molecular weight is 232 g/mol. The maximum Gasteiger partial charge on any atom is 0.116 e. The number of hydrogen-bond donors (Lipinski definition) is 2. The molecule has 0 amide bonds. The fraction of sp³-hybridized carbons (Fsp3) is 0.308. The van der Waals surface area contributed by atoms with E-state index in [1.165, 1.54) is 17.5 Å². The first-order chi connectivity index (χ1) is 7.83.